The van der Waals surface area contributed by atoms with Crippen molar-refractivity contribution in [2.45, 2.75) is 25.0 Å². The van der Waals surface area contributed by atoms with Gasteiger partial charge in [0.1, 0.15) is 5.75 Å². The molecule has 0 radical (unpaired) electrons. The highest BCUT2D eigenvalue weighted by molar-refractivity contribution is 5.87. The molecule has 0 saturated carbocycles. The number of carbonyl (C=O) groups is 2. The Balaban J connectivity index is 1.42. The van der Waals surface area contributed by atoms with Gasteiger partial charge in [-0.25, -0.2) is 4.79 Å². The van der Waals surface area contributed by atoms with E-state index in [1.54, 1.807) is 7.11 Å². The van der Waals surface area contributed by atoms with Gasteiger partial charge in [-0.1, -0.05) is 24.3 Å². The summed E-state index contributed by atoms with van der Waals surface area (Å²) in [4.78, 5) is 22.5. The van der Waals surface area contributed by atoms with Crippen LogP contribution < -0.4 is 15.4 Å². The lowest BCUT2D eigenvalue weighted by molar-refractivity contribution is -0.189. The number of fused-ring (bicyclic) bond motifs is 1. The molecule has 1 aliphatic rings. The summed E-state index contributed by atoms with van der Waals surface area (Å²) in [5.74, 6) is 0.646. The molecule has 0 aromatic heterocycles. The number of methoxy groups -OCH3 is 1. The molecule has 3 rings (SSSR count). The van der Waals surface area contributed by atoms with Crippen LogP contribution in [-0.4, -0.2) is 58.8 Å². The lowest BCUT2D eigenvalue weighted by atomic mass is 9.94. The number of rotatable bonds is 8. The molecule has 0 spiro atoms. The molecule has 1 aliphatic heterocycles. The number of carbonyl (C=O) groups excluding carboxylic acids is 2. The standard InChI is InChI=1S/C22H28N2O6/c1-23-20(25)14-30-22(26)24-10-4-7-21-28-12-16(13-29-21)18-6-3-5-15-11-17(27-2)8-9-19(15)18/h3,5-6,8-9,11,16,21H,4,7,10,12-14H2,1-2H3,(H,23,25)(H,24,26)/t16-,21-. The van der Waals surface area contributed by atoms with Crippen molar-refractivity contribution in [3.05, 3.63) is 42.0 Å². The number of hydrogen-bond donors (Lipinski definition) is 2. The van der Waals surface area contributed by atoms with Crippen LogP contribution in [0.15, 0.2) is 36.4 Å². The van der Waals surface area contributed by atoms with Gasteiger partial charge in [-0.05, 0) is 34.9 Å². The minimum absolute atomic E-state index is 0.163. The summed E-state index contributed by atoms with van der Waals surface area (Å²) < 4.78 is 21.9. The van der Waals surface area contributed by atoms with Gasteiger partial charge >= 0.3 is 6.09 Å². The third-order valence-electron chi connectivity index (χ3n) is 5.03. The molecule has 8 nitrogen and oxygen atoms in total. The minimum Gasteiger partial charge on any atom is -0.497 e. The zero-order valence-electron chi connectivity index (χ0n) is 17.3. The van der Waals surface area contributed by atoms with E-state index in [4.69, 9.17) is 18.9 Å². The van der Waals surface area contributed by atoms with Crippen LogP contribution in [0, 0.1) is 0 Å². The van der Waals surface area contributed by atoms with Gasteiger partial charge in [0.25, 0.3) is 5.91 Å². The van der Waals surface area contributed by atoms with Crippen molar-refractivity contribution in [3.8, 4) is 5.75 Å². The van der Waals surface area contributed by atoms with Crippen LogP contribution in [0.25, 0.3) is 10.8 Å². The van der Waals surface area contributed by atoms with Crippen molar-refractivity contribution in [2.75, 3.05) is 40.5 Å². The molecular formula is C22H28N2O6. The van der Waals surface area contributed by atoms with Crippen LogP contribution in [0.3, 0.4) is 0 Å². The predicted octanol–water partition coefficient (Wildman–Crippen LogP) is 2.56. The first-order valence-corrected chi connectivity index (χ1v) is 10.0. The highest BCUT2D eigenvalue weighted by atomic mass is 16.7. The number of alkyl carbamates (subject to hydrolysis) is 1. The second-order valence-electron chi connectivity index (χ2n) is 7.05. The largest absolute Gasteiger partial charge is 0.497 e. The number of ether oxygens (including phenoxy) is 4. The maximum absolute atomic E-state index is 11.5. The molecule has 0 bridgehead atoms. The van der Waals surface area contributed by atoms with Gasteiger partial charge in [-0.15, -0.1) is 0 Å². The Labute approximate surface area is 175 Å². The van der Waals surface area contributed by atoms with Gasteiger partial charge in [-0.2, -0.15) is 0 Å². The van der Waals surface area contributed by atoms with E-state index < -0.39 is 6.09 Å². The Hall–Kier alpha value is -2.84. The van der Waals surface area contributed by atoms with E-state index in [0.717, 1.165) is 11.1 Å². The van der Waals surface area contributed by atoms with Crippen LogP contribution in [0.4, 0.5) is 4.79 Å². The molecule has 2 amide bonds. The number of nitrogens with one attached hydrogen (secondary N) is 2. The summed E-state index contributed by atoms with van der Waals surface area (Å²) in [7, 11) is 3.15. The van der Waals surface area contributed by atoms with Crippen LogP contribution in [-0.2, 0) is 19.0 Å². The fourth-order valence-corrected chi connectivity index (χ4v) is 3.37. The van der Waals surface area contributed by atoms with Gasteiger partial charge in [0, 0.05) is 25.9 Å². The zero-order valence-corrected chi connectivity index (χ0v) is 17.3. The van der Waals surface area contributed by atoms with Crippen molar-refractivity contribution in [3.63, 3.8) is 0 Å². The summed E-state index contributed by atoms with van der Waals surface area (Å²) in [6.45, 7) is 1.29. The second-order valence-corrected chi connectivity index (χ2v) is 7.05. The van der Waals surface area contributed by atoms with E-state index in [2.05, 4.69) is 28.8 Å². The maximum atomic E-state index is 11.5. The lowest BCUT2D eigenvalue weighted by Gasteiger charge is -2.30. The Morgan fingerprint density at radius 1 is 1.17 bits per heavy atom. The van der Waals surface area contributed by atoms with Crippen LogP contribution in [0.2, 0.25) is 0 Å². The average Bonchev–Trinajstić information content (AvgIpc) is 2.79. The first-order chi connectivity index (χ1) is 14.6. The Kier molecular flexibility index (Phi) is 7.87. The summed E-state index contributed by atoms with van der Waals surface area (Å²) in [6.07, 6.45) is 0.435. The Morgan fingerprint density at radius 3 is 2.70 bits per heavy atom. The van der Waals surface area contributed by atoms with E-state index in [0.29, 0.717) is 32.6 Å². The molecule has 0 aliphatic carbocycles. The topological polar surface area (TPSA) is 95.1 Å². The fourth-order valence-electron chi connectivity index (χ4n) is 3.37. The number of amides is 2. The maximum Gasteiger partial charge on any atom is 0.407 e. The third-order valence-corrected chi connectivity index (χ3v) is 5.03. The molecule has 30 heavy (non-hydrogen) atoms. The van der Waals surface area contributed by atoms with E-state index in [-0.39, 0.29) is 24.7 Å². The van der Waals surface area contributed by atoms with Gasteiger partial charge in [0.15, 0.2) is 12.9 Å². The molecular weight excluding hydrogens is 388 g/mol. The summed E-state index contributed by atoms with van der Waals surface area (Å²) in [5, 5.41) is 7.28. The highest BCUT2D eigenvalue weighted by Crippen LogP contribution is 2.31. The first-order valence-electron chi connectivity index (χ1n) is 10.0. The Bertz CT molecular complexity index is 864. The van der Waals surface area contributed by atoms with Gasteiger partial charge in [0.05, 0.1) is 20.3 Å². The zero-order chi connectivity index (χ0) is 21.3. The van der Waals surface area contributed by atoms with Gasteiger partial charge in [-0.3, -0.25) is 4.79 Å². The predicted molar refractivity (Wildman–Crippen MR) is 112 cm³/mol. The SMILES string of the molecule is CNC(=O)COC(=O)NCCC[C@H]1OC[C@H](c2cccc3cc(OC)ccc32)CO1. The summed E-state index contributed by atoms with van der Waals surface area (Å²) in [5.41, 5.74) is 1.20. The first kappa shape index (κ1) is 21.9. The molecule has 0 unspecified atom stereocenters. The highest BCUT2D eigenvalue weighted by Gasteiger charge is 2.24. The summed E-state index contributed by atoms with van der Waals surface area (Å²) >= 11 is 0. The van der Waals surface area contributed by atoms with Crippen LogP contribution >= 0.6 is 0 Å². The quantitative estimate of drug-likeness (QED) is 0.643. The molecule has 2 aromatic carbocycles. The summed E-state index contributed by atoms with van der Waals surface area (Å²) in [6, 6.07) is 12.3. The van der Waals surface area contributed by atoms with Crippen molar-refractivity contribution >= 4 is 22.8 Å². The molecule has 2 aromatic rings. The Morgan fingerprint density at radius 2 is 1.97 bits per heavy atom. The van der Waals surface area contributed by atoms with E-state index in [9.17, 15) is 9.59 Å². The van der Waals surface area contributed by atoms with Crippen molar-refractivity contribution < 1.29 is 28.5 Å². The van der Waals surface area contributed by atoms with Crippen LogP contribution in [0.5, 0.6) is 5.75 Å². The minimum atomic E-state index is -0.614. The number of likely N-dealkylation sites (N-methyl/N-ethyl adjacent to an activating group) is 1. The number of benzene rings is 2. The second kappa shape index (κ2) is 10.8. The molecule has 2 N–H and O–H groups in total. The van der Waals surface area contributed by atoms with Crippen LogP contribution in [0.1, 0.15) is 24.3 Å². The fraction of sp³-hybridized carbons (Fsp3) is 0.455. The lowest BCUT2D eigenvalue weighted by Crippen LogP contribution is -2.33. The third kappa shape index (κ3) is 5.84. The normalized spacial score (nSPS) is 18.6. The number of hydrogen-bond acceptors (Lipinski definition) is 6. The molecule has 162 valence electrons. The molecule has 1 saturated heterocycles. The van der Waals surface area contributed by atoms with Crippen molar-refractivity contribution in [2.24, 2.45) is 0 Å². The molecule has 8 heteroatoms. The monoisotopic (exact) mass is 416 g/mol. The van der Waals surface area contributed by atoms with E-state index >= 15 is 0 Å². The van der Waals surface area contributed by atoms with Gasteiger partial charge in [0.2, 0.25) is 0 Å². The molecule has 1 fully saturated rings. The van der Waals surface area contributed by atoms with E-state index in [1.165, 1.54) is 18.0 Å². The van der Waals surface area contributed by atoms with Crippen molar-refractivity contribution in [1.82, 2.24) is 10.6 Å². The van der Waals surface area contributed by atoms with Gasteiger partial charge < -0.3 is 29.6 Å². The average molecular weight is 416 g/mol. The molecule has 0 atom stereocenters. The van der Waals surface area contributed by atoms with E-state index in [1.807, 2.05) is 18.2 Å². The smallest absolute Gasteiger partial charge is 0.407 e. The van der Waals surface area contributed by atoms with Crippen molar-refractivity contribution in [1.29, 1.82) is 0 Å². The molecule has 1 heterocycles.